The SMILES string of the molecule is CS(=O)(=O)N(CC(=O)NCc1cccc(CN2CCOCC2)c1)c1cc(Cl)cc(Cl)c1. The van der Waals surface area contributed by atoms with Gasteiger partial charge in [0.25, 0.3) is 0 Å². The summed E-state index contributed by atoms with van der Waals surface area (Å²) in [6.07, 6.45) is 1.03. The Labute approximate surface area is 192 Å². The Hall–Kier alpha value is -1.84. The van der Waals surface area contributed by atoms with Crippen LogP contribution in [0.3, 0.4) is 0 Å². The Kier molecular flexibility index (Phi) is 8.18. The van der Waals surface area contributed by atoms with Gasteiger partial charge in [0.05, 0.1) is 25.2 Å². The number of nitrogens with zero attached hydrogens (tertiary/aromatic N) is 2. The van der Waals surface area contributed by atoms with E-state index in [1.807, 2.05) is 18.2 Å². The first-order valence-corrected chi connectivity index (χ1v) is 12.4. The Morgan fingerprint density at radius 1 is 1.10 bits per heavy atom. The number of anilines is 1. The minimum atomic E-state index is -3.71. The summed E-state index contributed by atoms with van der Waals surface area (Å²) in [4.78, 5) is 14.8. The third-order valence-electron chi connectivity index (χ3n) is 4.81. The molecule has 0 unspecified atom stereocenters. The molecule has 31 heavy (non-hydrogen) atoms. The van der Waals surface area contributed by atoms with Crippen LogP contribution in [0.1, 0.15) is 11.1 Å². The summed E-state index contributed by atoms with van der Waals surface area (Å²) < 4.78 is 30.8. The number of amides is 1. The van der Waals surface area contributed by atoms with Crippen molar-refractivity contribution in [1.82, 2.24) is 10.2 Å². The first-order chi connectivity index (χ1) is 14.7. The lowest BCUT2D eigenvalue weighted by Crippen LogP contribution is -2.40. The largest absolute Gasteiger partial charge is 0.379 e. The number of morpholine rings is 1. The Balaban J connectivity index is 1.62. The fourth-order valence-electron chi connectivity index (χ4n) is 3.33. The number of hydrogen-bond acceptors (Lipinski definition) is 5. The molecule has 0 bridgehead atoms. The monoisotopic (exact) mass is 485 g/mol. The van der Waals surface area contributed by atoms with E-state index in [2.05, 4.69) is 16.3 Å². The van der Waals surface area contributed by atoms with Crippen molar-refractivity contribution in [3.8, 4) is 0 Å². The van der Waals surface area contributed by atoms with Gasteiger partial charge in [-0.1, -0.05) is 47.5 Å². The van der Waals surface area contributed by atoms with E-state index < -0.39 is 15.9 Å². The summed E-state index contributed by atoms with van der Waals surface area (Å²) in [6, 6.07) is 12.4. The predicted molar refractivity (Wildman–Crippen MR) is 123 cm³/mol. The zero-order valence-corrected chi connectivity index (χ0v) is 19.5. The molecule has 1 amide bonds. The van der Waals surface area contributed by atoms with E-state index in [9.17, 15) is 13.2 Å². The molecule has 10 heteroatoms. The van der Waals surface area contributed by atoms with E-state index in [4.69, 9.17) is 27.9 Å². The minimum absolute atomic E-state index is 0.239. The molecule has 1 saturated heterocycles. The molecule has 0 aromatic heterocycles. The fraction of sp³-hybridized carbons (Fsp3) is 0.381. The first-order valence-electron chi connectivity index (χ1n) is 9.79. The molecule has 0 saturated carbocycles. The Bertz CT molecular complexity index is 1010. The lowest BCUT2D eigenvalue weighted by molar-refractivity contribution is -0.119. The second kappa shape index (κ2) is 10.7. The lowest BCUT2D eigenvalue weighted by atomic mass is 10.1. The number of carbonyl (C=O) groups is 1. The number of ether oxygens (including phenoxy) is 1. The summed E-state index contributed by atoms with van der Waals surface area (Å²) in [6.45, 7) is 4.02. The predicted octanol–water partition coefficient (Wildman–Crippen LogP) is 2.91. The maximum absolute atomic E-state index is 12.5. The molecule has 2 aromatic rings. The van der Waals surface area contributed by atoms with Crippen LogP contribution in [0.4, 0.5) is 5.69 Å². The van der Waals surface area contributed by atoms with Crippen molar-refractivity contribution in [1.29, 1.82) is 0 Å². The zero-order valence-electron chi connectivity index (χ0n) is 17.2. The summed E-state index contributed by atoms with van der Waals surface area (Å²) in [7, 11) is -3.71. The summed E-state index contributed by atoms with van der Waals surface area (Å²) >= 11 is 12.0. The highest BCUT2D eigenvalue weighted by Gasteiger charge is 2.21. The third kappa shape index (κ3) is 7.36. The van der Waals surface area contributed by atoms with Gasteiger partial charge in [0.15, 0.2) is 0 Å². The van der Waals surface area contributed by atoms with Crippen LogP contribution in [0.2, 0.25) is 10.0 Å². The first kappa shape index (κ1) is 23.8. The van der Waals surface area contributed by atoms with E-state index in [1.54, 1.807) is 0 Å². The van der Waals surface area contributed by atoms with E-state index in [0.29, 0.717) is 6.54 Å². The van der Waals surface area contributed by atoms with E-state index in [1.165, 1.54) is 18.2 Å². The van der Waals surface area contributed by atoms with Gasteiger partial charge in [-0.15, -0.1) is 0 Å². The van der Waals surface area contributed by atoms with Crippen LogP contribution in [-0.2, 0) is 32.6 Å². The molecule has 1 aliphatic heterocycles. The van der Waals surface area contributed by atoms with Crippen molar-refractivity contribution in [3.05, 3.63) is 63.6 Å². The van der Waals surface area contributed by atoms with Gasteiger partial charge in [-0.05, 0) is 29.3 Å². The highest BCUT2D eigenvalue weighted by molar-refractivity contribution is 7.92. The summed E-state index contributed by atoms with van der Waals surface area (Å²) in [5.74, 6) is -0.430. The average Bonchev–Trinajstić information content (AvgIpc) is 2.70. The van der Waals surface area contributed by atoms with Gasteiger partial charge in [0.1, 0.15) is 6.54 Å². The van der Waals surface area contributed by atoms with Gasteiger partial charge < -0.3 is 10.1 Å². The maximum Gasteiger partial charge on any atom is 0.241 e. The molecule has 0 atom stereocenters. The molecule has 7 nitrogen and oxygen atoms in total. The van der Waals surface area contributed by atoms with Crippen LogP contribution in [-0.4, -0.2) is 58.3 Å². The molecule has 1 heterocycles. The molecule has 1 fully saturated rings. The van der Waals surface area contributed by atoms with Gasteiger partial charge >= 0.3 is 0 Å². The number of benzene rings is 2. The molecular formula is C21H25Cl2N3O4S. The van der Waals surface area contributed by atoms with Gasteiger partial charge in [-0.3, -0.25) is 14.0 Å². The quantitative estimate of drug-likeness (QED) is 0.621. The van der Waals surface area contributed by atoms with Crippen molar-refractivity contribution >= 4 is 44.8 Å². The van der Waals surface area contributed by atoms with Gasteiger partial charge in [0.2, 0.25) is 15.9 Å². The number of nitrogens with one attached hydrogen (secondary N) is 1. The lowest BCUT2D eigenvalue weighted by Gasteiger charge is -2.26. The topological polar surface area (TPSA) is 79.0 Å². The Morgan fingerprint density at radius 3 is 2.39 bits per heavy atom. The fourth-order valence-corrected chi connectivity index (χ4v) is 4.68. The molecule has 0 aliphatic carbocycles. The smallest absolute Gasteiger partial charge is 0.241 e. The van der Waals surface area contributed by atoms with Crippen molar-refractivity contribution in [2.75, 3.05) is 43.4 Å². The van der Waals surface area contributed by atoms with Crippen LogP contribution < -0.4 is 9.62 Å². The molecule has 0 spiro atoms. The Morgan fingerprint density at radius 2 is 1.74 bits per heavy atom. The molecule has 1 N–H and O–H groups in total. The standard InChI is InChI=1S/C21H25Cl2N3O4S/c1-31(28,29)26(20-11-18(22)10-19(23)12-20)15-21(27)24-13-16-3-2-4-17(9-16)14-25-5-7-30-8-6-25/h2-4,9-12H,5-8,13-15H2,1H3,(H,24,27). The minimum Gasteiger partial charge on any atom is -0.379 e. The molecule has 0 radical (unpaired) electrons. The van der Waals surface area contributed by atoms with Gasteiger partial charge in [-0.25, -0.2) is 8.42 Å². The third-order valence-corrected chi connectivity index (χ3v) is 6.39. The van der Waals surface area contributed by atoms with Crippen LogP contribution >= 0.6 is 23.2 Å². The highest BCUT2D eigenvalue weighted by atomic mass is 35.5. The number of carbonyl (C=O) groups excluding carboxylic acids is 1. The zero-order chi connectivity index (χ0) is 22.4. The number of halogens is 2. The van der Waals surface area contributed by atoms with Crippen molar-refractivity contribution in [3.63, 3.8) is 0 Å². The van der Waals surface area contributed by atoms with Crippen LogP contribution in [0.5, 0.6) is 0 Å². The summed E-state index contributed by atoms with van der Waals surface area (Å²) in [5.41, 5.74) is 2.33. The van der Waals surface area contributed by atoms with Crippen molar-refractivity contribution < 1.29 is 17.9 Å². The van der Waals surface area contributed by atoms with Gasteiger partial charge in [-0.2, -0.15) is 0 Å². The molecule has 2 aromatic carbocycles. The summed E-state index contributed by atoms with van der Waals surface area (Å²) in [5, 5.41) is 3.36. The number of rotatable bonds is 8. The molecule has 168 valence electrons. The van der Waals surface area contributed by atoms with Crippen molar-refractivity contribution in [2.24, 2.45) is 0 Å². The van der Waals surface area contributed by atoms with Crippen molar-refractivity contribution in [2.45, 2.75) is 13.1 Å². The van der Waals surface area contributed by atoms with Crippen LogP contribution in [0.25, 0.3) is 0 Å². The second-order valence-electron chi connectivity index (χ2n) is 7.38. The van der Waals surface area contributed by atoms with Crippen LogP contribution in [0.15, 0.2) is 42.5 Å². The van der Waals surface area contributed by atoms with E-state index in [0.717, 1.165) is 54.5 Å². The molecule has 3 rings (SSSR count). The van der Waals surface area contributed by atoms with Gasteiger partial charge in [0, 0.05) is 36.2 Å². The van der Waals surface area contributed by atoms with E-state index in [-0.39, 0.29) is 22.3 Å². The normalized spacial score (nSPS) is 14.9. The van der Waals surface area contributed by atoms with Crippen LogP contribution in [0, 0.1) is 0 Å². The second-order valence-corrected chi connectivity index (χ2v) is 10.2. The maximum atomic E-state index is 12.5. The molecule has 1 aliphatic rings. The number of hydrogen-bond donors (Lipinski definition) is 1. The highest BCUT2D eigenvalue weighted by Crippen LogP contribution is 2.26. The average molecular weight is 486 g/mol. The van der Waals surface area contributed by atoms with E-state index >= 15 is 0 Å². The number of sulfonamides is 1. The molecular weight excluding hydrogens is 461 g/mol.